The molecule has 0 amide bonds. The van der Waals surface area contributed by atoms with E-state index in [4.69, 9.17) is 0 Å². The molecule has 0 aliphatic heterocycles. The van der Waals surface area contributed by atoms with E-state index in [-0.39, 0.29) is 24.2 Å². The highest BCUT2D eigenvalue weighted by molar-refractivity contribution is 7.18. The van der Waals surface area contributed by atoms with Crippen LogP contribution >= 0.6 is 11.3 Å². The number of hydrogen-bond donors (Lipinski definition) is 3. The van der Waals surface area contributed by atoms with Gasteiger partial charge in [0, 0.05) is 30.8 Å². The van der Waals surface area contributed by atoms with Crippen LogP contribution in [0.5, 0.6) is 5.75 Å². The van der Waals surface area contributed by atoms with E-state index in [1.54, 1.807) is 18.3 Å². The second-order valence-corrected chi connectivity index (χ2v) is 7.82. The minimum atomic E-state index is -0.362. The van der Waals surface area contributed by atoms with Crippen LogP contribution in [0.25, 0.3) is 10.3 Å². The SMILES string of the molecule is CC(NCCc1nc2c(NCc3ncccc3F)ncnc2s1)c1ccccc1O. The number of pyridine rings is 1. The number of nitrogens with zero attached hydrogens (tertiary/aromatic N) is 4. The molecule has 0 saturated carbocycles. The van der Waals surface area contributed by atoms with Crippen LogP contribution in [0.3, 0.4) is 0 Å². The summed E-state index contributed by atoms with van der Waals surface area (Å²) < 4.78 is 13.8. The third-order valence-electron chi connectivity index (χ3n) is 4.69. The van der Waals surface area contributed by atoms with Gasteiger partial charge in [0.15, 0.2) is 5.82 Å². The average molecular weight is 425 g/mol. The molecule has 30 heavy (non-hydrogen) atoms. The topological polar surface area (TPSA) is 95.9 Å². The Labute approximate surface area is 177 Å². The van der Waals surface area contributed by atoms with Crippen molar-refractivity contribution in [3.05, 3.63) is 71.0 Å². The molecule has 1 aromatic carbocycles. The molecule has 3 heterocycles. The maximum absolute atomic E-state index is 13.8. The number of aromatic nitrogens is 4. The largest absolute Gasteiger partial charge is 0.508 e. The zero-order chi connectivity index (χ0) is 20.9. The number of benzene rings is 1. The number of fused-ring (bicyclic) bond motifs is 1. The quantitative estimate of drug-likeness (QED) is 0.396. The molecule has 0 radical (unpaired) electrons. The first-order chi connectivity index (χ1) is 14.6. The molecule has 1 atom stereocenters. The van der Waals surface area contributed by atoms with Crippen LogP contribution in [-0.4, -0.2) is 31.6 Å². The molecular weight excluding hydrogens is 403 g/mol. The molecular formula is C21H21FN6OS. The molecule has 0 saturated heterocycles. The molecule has 0 spiro atoms. The van der Waals surface area contributed by atoms with Gasteiger partial charge in [0.2, 0.25) is 0 Å². The first-order valence-electron chi connectivity index (χ1n) is 9.57. The van der Waals surface area contributed by atoms with Crippen LogP contribution in [0, 0.1) is 5.82 Å². The maximum atomic E-state index is 13.8. The van der Waals surface area contributed by atoms with Gasteiger partial charge >= 0.3 is 0 Å². The van der Waals surface area contributed by atoms with Crippen molar-refractivity contribution in [2.45, 2.75) is 25.9 Å². The average Bonchev–Trinajstić information content (AvgIpc) is 3.17. The number of hydrogen-bond acceptors (Lipinski definition) is 8. The fourth-order valence-electron chi connectivity index (χ4n) is 3.11. The number of anilines is 1. The highest BCUT2D eigenvalue weighted by Gasteiger charge is 2.13. The molecule has 0 aliphatic carbocycles. The van der Waals surface area contributed by atoms with Gasteiger partial charge in [0.1, 0.15) is 28.2 Å². The molecule has 9 heteroatoms. The summed E-state index contributed by atoms with van der Waals surface area (Å²) in [4.78, 5) is 18.0. The normalized spacial score (nSPS) is 12.2. The molecule has 154 valence electrons. The first-order valence-corrected chi connectivity index (χ1v) is 10.4. The number of halogens is 1. The molecule has 3 aromatic heterocycles. The van der Waals surface area contributed by atoms with Gasteiger partial charge in [-0.25, -0.2) is 19.3 Å². The molecule has 4 aromatic rings. The van der Waals surface area contributed by atoms with Crippen LogP contribution in [-0.2, 0) is 13.0 Å². The molecule has 0 fully saturated rings. The third kappa shape index (κ3) is 4.52. The zero-order valence-electron chi connectivity index (χ0n) is 16.3. The van der Waals surface area contributed by atoms with Gasteiger partial charge in [0.25, 0.3) is 0 Å². The summed E-state index contributed by atoms with van der Waals surface area (Å²) in [5.41, 5.74) is 1.85. The van der Waals surface area contributed by atoms with E-state index in [0.29, 0.717) is 30.0 Å². The van der Waals surface area contributed by atoms with Crippen LogP contribution in [0.15, 0.2) is 48.9 Å². The second kappa shape index (κ2) is 9.10. The predicted molar refractivity (Wildman–Crippen MR) is 115 cm³/mol. The van der Waals surface area contributed by atoms with E-state index >= 15 is 0 Å². The molecule has 1 unspecified atom stereocenters. The highest BCUT2D eigenvalue weighted by atomic mass is 32.1. The van der Waals surface area contributed by atoms with E-state index in [1.807, 2.05) is 25.1 Å². The predicted octanol–water partition coefficient (Wildman–Crippen LogP) is 3.83. The Bertz CT molecular complexity index is 1150. The van der Waals surface area contributed by atoms with Gasteiger partial charge in [-0.1, -0.05) is 29.5 Å². The van der Waals surface area contributed by atoms with Crippen molar-refractivity contribution >= 4 is 27.5 Å². The molecule has 4 rings (SSSR count). The number of phenols is 1. The number of para-hydroxylation sites is 1. The fraction of sp³-hybridized carbons (Fsp3) is 0.238. The van der Waals surface area contributed by atoms with Gasteiger partial charge < -0.3 is 15.7 Å². The van der Waals surface area contributed by atoms with Crippen LogP contribution in [0.2, 0.25) is 0 Å². The Kier molecular flexibility index (Phi) is 6.10. The highest BCUT2D eigenvalue weighted by Crippen LogP contribution is 2.26. The molecule has 7 nitrogen and oxygen atoms in total. The summed E-state index contributed by atoms with van der Waals surface area (Å²) in [6.07, 6.45) is 3.74. The summed E-state index contributed by atoms with van der Waals surface area (Å²) >= 11 is 1.51. The second-order valence-electron chi connectivity index (χ2n) is 6.75. The summed E-state index contributed by atoms with van der Waals surface area (Å²) in [7, 11) is 0. The van der Waals surface area contributed by atoms with Gasteiger partial charge in [-0.3, -0.25) is 4.98 Å². The number of aromatic hydroxyl groups is 1. The summed E-state index contributed by atoms with van der Waals surface area (Å²) in [6, 6.07) is 10.3. The van der Waals surface area contributed by atoms with E-state index in [9.17, 15) is 9.50 Å². The summed E-state index contributed by atoms with van der Waals surface area (Å²) in [5.74, 6) is 0.481. The third-order valence-corrected chi connectivity index (χ3v) is 5.71. The van der Waals surface area contributed by atoms with Gasteiger partial charge in [-0.2, -0.15) is 0 Å². The number of thiazole rings is 1. The number of phenolic OH excluding ortho intramolecular Hbond substituents is 1. The first kappa shape index (κ1) is 20.1. The Hall–Kier alpha value is -3.17. The summed E-state index contributed by atoms with van der Waals surface area (Å²) in [6.45, 7) is 2.92. The zero-order valence-corrected chi connectivity index (χ0v) is 17.2. The lowest BCUT2D eigenvalue weighted by Crippen LogP contribution is -2.21. The van der Waals surface area contributed by atoms with Crippen molar-refractivity contribution < 1.29 is 9.50 Å². The lowest BCUT2D eigenvalue weighted by molar-refractivity contribution is 0.453. The molecule has 0 aliphatic rings. The van der Waals surface area contributed by atoms with Crippen molar-refractivity contribution in [2.24, 2.45) is 0 Å². The van der Waals surface area contributed by atoms with Gasteiger partial charge in [-0.15, -0.1) is 0 Å². The van der Waals surface area contributed by atoms with E-state index < -0.39 is 0 Å². The van der Waals surface area contributed by atoms with E-state index in [0.717, 1.165) is 15.4 Å². The lowest BCUT2D eigenvalue weighted by atomic mass is 10.1. The van der Waals surface area contributed by atoms with Crippen molar-refractivity contribution in [2.75, 3.05) is 11.9 Å². The smallest absolute Gasteiger partial charge is 0.157 e. The van der Waals surface area contributed by atoms with E-state index in [2.05, 4.69) is 30.6 Å². The van der Waals surface area contributed by atoms with Crippen molar-refractivity contribution in [3.8, 4) is 5.75 Å². The summed E-state index contributed by atoms with van der Waals surface area (Å²) in [5, 5.41) is 17.4. The van der Waals surface area contributed by atoms with Crippen LogP contribution in [0.4, 0.5) is 10.2 Å². The Morgan fingerprint density at radius 2 is 2.00 bits per heavy atom. The molecule has 3 N–H and O–H groups in total. The Morgan fingerprint density at radius 1 is 1.13 bits per heavy atom. The molecule has 0 bridgehead atoms. The van der Waals surface area contributed by atoms with E-state index in [1.165, 1.54) is 23.7 Å². The van der Waals surface area contributed by atoms with Crippen LogP contribution < -0.4 is 10.6 Å². The minimum absolute atomic E-state index is 0.0193. The van der Waals surface area contributed by atoms with Crippen molar-refractivity contribution in [1.29, 1.82) is 0 Å². The lowest BCUT2D eigenvalue weighted by Gasteiger charge is -2.14. The van der Waals surface area contributed by atoms with Crippen LogP contribution in [0.1, 0.15) is 29.2 Å². The van der Waals surface area contributed by atoms with Crippen molar-refractivity contribution in [1.82, 2.24) is 25.3 Å². The number of rotatable bonds is 8. The Morgan fingerprint density at radius 3 is 2.83 bits per heavy atom. The standard InChI is InChI=1S/C21H21FN6OS/c1-13(14-5-2-3-7-17(14)29)23-10-8-18-28-19-20(26-12-27-21(19)30-18)25-11-16-15(22)6-4-9-24-16/h2-7,9,12-13,23,29H,8,10-11H2,1H3,(H,25,26,27). The monoisotopic (exact) mass is 424 g/mol. The van der Waals surface area contributed by atoms with Gasteiger partial charge in [-0.05, 0) is 25.1 Å². The minimum Gasteiger partial charge on any atom is -0.508 e. The van der Waals surface area contributed by atoms with Gasteiger partial charge in [0.05, 0.1) is 17.2 Å². The number of nitrogens with one attached hydrogen (secondary N) is 2. The maximum Gasteiger partial charge on any atom is 0.157 e. The Balaban J connectivity index is 1.40. The van der Waals surface area contributed by atoms with Crippen molar-refractivity contribution in [3.63, 3.8) is 0 Å². The fourth-order valence-corrected chi connectivity index (χ4v) is 4.01.